The predicted molar refractivity (Wildman–Crippen MR) is 87.6 cm³/mol. The van der Waals surface area contributed by atoms with Gasteiger partial charge in [0.15, 0.2) is 0 Å². The van der Waals surface area contributed by atoms with Crippen molar-refractivity contribution in [3.8, 4) is 0 Å². The third kappa shape index (κ3) is 3.22. The van der Waals surface area contributed by atoms with Crippen molar-refractivity contribution in [2.24, 2.45) is 5.73 Å². The highest BCUT2D eigenvalue weighted by atomic mass is 15.3. The average molecular weight is 288 g/mol. The molecule has 0 aromatic carbocycles. The van der Waals surface area contributed by atoms with Gasteiger partial charge >= 0.3 is 0 Å². The van der Waals surface area contributed by atoms with Gasteiger partial charge in [-0.05, 0) is 56.0 Å². The highest BCUT2D eigenvalue weighted by molar-refractivity contribution is 5.44. The molecule has 2 N–H and O–H groups in total. The van der Waals surface area contributed by atoms with Crippen LogP contribution in [0.15, 0.2) is 12.1 Å². The summed E-state index contributed by atoms with van der Waals surface area (Å²) in [7, 11) is 0. The van der Waals surface area contributed by atoms with Crippen LogP contribution in [-0.4, -0.2) is 42.1 Å². The lowest BCUT2D eigenvalue weighted by atomic mass is 10.1. The van der Waals surface area contributed by atoms with E-state index in [2.05, 4.69) is 35.8 Å². The summed E-state index contributed by atoms with van der Waals surface area (Å²) in [5, 5.41) is 0. The van der Waals surface area contributed by atoms with Crippen LogP contribution in [0.1, 0.15) is 50.3 Å². The number of pyridine rings is 1. The van der Waals surface area contributed by atoms with Crippen LogP contribution in [0.3, 0.4) is 0 Å². The molecule has 21 heavy (non-hydrogen) atoms. The lowest BCUT2D eigenvalue weighted by molar-refractivity contribution is 0.260. The smallest absolute Gasteiger partial charge is 0.129 e. The molecule has 0 amide bonds. The molecule has 0 aliphatic carbocycles. The van der Waals surface area contributed by atoms with E-state index in [0.29, 0.717) is 12.5 Å². The molecule has 0 spiro atoms. The van der Waals surface area contributed by atoms with Crippen LogP contribution in [0.4, 0.5) is 5.82 Å². The highest BCUT2D eigenvalue weighted by Gasteiger charge is 2.30. The zero-order chi connectivity index (χ0) is 14.8. The molecule has 1 aromatic rings. The Balaban J connectivity index is 1.75. The van der Waals surface area contributed by atoms with E-state index in [1.54, 1.807) is 0 Å². The van der Waals surface area contributed by atoms with Gasteiger partial charge in [0.05, 0.1) is 0 Å². The number of likely N-dealkylation sites (tertiary alicyclic amines) is 1. The van der Waals surface area contributed by atoms with Gasteiger partial charge in [0.1, 0.15) is 5.82 Å². The van der Waals surface area contributed by atoms with Crippen molar-refractivity contribution >= 4 is 5.82 Å². The summed E-state index contributed by atoms with van der Waals surface area (Å²) in [5.74, 6) is 1.58. The summed E-state index contributed by atoms with van der Waals surface area (Å²) in [6.45, 7) is 9.81. The molecular formula is C17H28N4. The average Bonchev–Trinajstić information content (AvgIpc) is 3.17. The standard InChI is InChI=1S/C17H28N4/c1-13(2)16-9-14(11-18)10-17(19-16)21-8-5-15(12-21)20-6-3-4-7-20/h9-10,13,15H,3-8,11-12,18H2,1-2H3. The van der Waals surface area contributed by atoms with Crippen molar-refractivity contribution in [3.05, 3.63) is 23.4 Å². The maximum absolute atomic E-state index is 5.86. The van der Waals surface area contributed by atoms with Gasteiger partial charge in [-0.15, -0.1) is 0 Å². The van der Waals surface area contributed by atoms with E-state index in [1.165, 1.54) is 37.9 Å². The van der Waals surface area contributed by atoms with Crippen LogP contribution < -0.4 is 10.6 Å². The molecular weight excluding hydrogens is 260 g/mol. The molecule has 3 rings (SSSR count). The molecule has 1 atom stereocenters. The van der Waals surface area contributed by atoms with Crippen molar-refractivity contribution in [1.29, 1.82) is 0 Å². The molecule has 4 nitrogen and oxygen atoms in total. The molecule has 2 fully saturated rings. The molecule has 2 aliphatic heterocycles. The van der Waals surface area contributed by atoms with Gasteiger partial charge in [0.2, 0.25) is 0 Å². The van der Waals surface area contributed by atoms with Crippen LogP contribution in [0, 0.1) is 0 Å². The molecule has 0 bridgehead atoms. The Morgan fingerprint density at radius 1 is 1.24 bits per heavy atom. The number of anilines is 1. The second-order valence-corrected chi connectivity index (χ2v) is 6.75. The Morgan fingerprint density at radius 3 is 2.67 bits per heavy atom. The van der Waals surface area contributed by atoms with Gasteiger partial charge in [0.25, 0.3) is 0 Å². The summed E-state index contributed by atoms with van der Waals surface area (Å²) in [6, 6.07) is 5.05. The molecule has 2 aliphatic rings. The maximum atomic E-state index is 5.86. The number of aromatic nitrogens is 1. The van der Waals surface area contributed by atoms with Crippen LogP contribution in [0.5, 0.6) is 0 Å². The summed E-state index contributed by atoms with van der Waals surface area (Å²) in [5.41, 5.74) is 8.23. The van der Waals surface area contributed by atoms with Crippen molar-refractivity contribution in [3.63, 3.8) is 0 Å². The number of rotatable bonds is 4. The fourth-order valence-electron chi connectivity index (χ4n) is 3.52. The van der Waals surface area contributed by atoms with Crippen LogP contribution in [0.2, 0.25) is 0 Å². The monoisotopic (exact) mass is 288 g/mol. The van der Waals surface area contributed by atoms with E-state index in [-0.39, 0.29) is 0 Å². The molecule has 4 heteroatoms. The number of hydrogen-bond donors (Lipinski definition) is 1. The van der Waals surface area contributed by atoms with E-state index in [0.717, 1.165) is 30.6 Å². The second-order valence-electron chi connectivity index (χ2n) is 6.75. The Bertz CT molecular complexity index is 480. The molecule has 116 valence electrons. The van der Waals surface area contributed by atoms with E-state index in [9.17, 15) is 0 Å². The number of nitrogens with zero attached hydrogens (tertiary/aromatic N) is 3. The minimum absolute atomic E-state index is 0.451. The van der Waals surface area contributed by atoms with Crippen molar-refractivity contribution in [1.82, 2.24) is 9.88 Å². The first-order chi connectivity index (χ1) is 10.2. The van der Waals surface area contributed by atoms with Gasteiger partial charge in [0, 0.05) is 31.4 Å². The first kappa shape index (κ1) is 14.8. The third-order valence-electron chi connectivity index (χ3n) is 4.86. The highest BCUT2D eigenvalue weighted by Crippen LogP contribution is 2.26. The lowest BCUT2D eigenvalue weighted by Crippen LogP contribution is -2.35. The van der Waals surface area contributed by atoms with E-state index in [4.69, 9.17) is 10.7 Å². The second kappa shape index (κ2) is 6.32. The third-order valence-corrected chi connectivity index (χ3v) is 4.86. The lowest BCUT2D eigenvalue weighted by Gasteiger charge is -2.24. The number of hydrogen-bond acceptors (Lipinski definition) is 4. The van der Waals surface area contributed by atoms with Crippen molar-refractivity contribution < 1.29 is 0 Å². The van der Waals surface area contributed by atoms with Crippen molar-refractivity contribution in [2.45, 2.75) is 51.6 Å². The molecule has 1 aromatic heterocycles. The first-order valence-corrected chi connectivity index (χ1v) is 8.37. The van der Waals surface area contributed by atoms with E-state index >= 15 is 0 Å². The van der Waals surface area contributed by atoms with Gasteiger partial charge in [-0.25, -0.2) is 4.98 Å². The molecule has 0 saturated carbocycles. The zero-order valence-corrected chi connectivity index (χ0v) is 13.4. The fraction of sp³-hybridized carbons (Fsp3) is 0.706. The summed E-state index contributed by atoms with van der Waals surface area (Å²) >= 11 is 0. The molecule has 1 unspecified atom stereocenters. The van der Waals surface area contributed by atoms with Gasteiger partial charge in [-0.1, -0.05) is 13.8 Å². The van der Waals surface area contributed by atoms with E-state index in [1.807, 2.05) is 0 Å². The Kier molecular flexibility index (Phi) is 4.45. The largest absolute Gasteiger partial charge is 0.355 e. The fourth-order valence-corrected chi connectivity index (χ4v) is 3.52. The van der Waals surface area contributed by atoms with Crippen LogP contribution in [0.25, 0.3) is 0 Å². The predicted octanol–water partition coefficient (Wildman–Crippen LogP) is 2.34. The van der Waals surface area contributed by atoms with Crippen molar-refractivity contribution in [2.75, 3.05) is 31.1 Å². The maximum Gasteiger partial charge on any atom is 0.129 e. The van der Waals surface area contributed by atoms with E-state index < -0.39 is 0 Å². The normalized spacial score (nSPS) is 23.4. The molecule has 3 heterocycles. The minimum Gasteiger partial charge on any atom is -0.355 e. The quantitative estimate of drug-likeness (QED) is 0.923. The summed E-state index contributed by atoms with van der Waals surface area (Å²) in [4.78, 5) is 9.99. The summed E-state index contributed by atoms with van der Waals surface area (Å²) < 4.78 is 0. The van der Waals surface area contributed by atoms with Gasteiger partial charge in [-0.3, -0.25) is 4.90 Å². The SMILES string of the molecule is CC(C)c1cc(CN)cc(N2CCC(N3CCCC3)C2)n1. The first-order valence-electron chi connectivity index (χ1n) is 8.37. The Morgan fingerprint density at radius 2 is 2.00 bits per heavy atom. The number of nitrogens with two attached hydrogens (primary N) is 1. The van der Waals surface area contributed by atoms with Gasteiger partial charge in [-0.2, -0.15) is 0 Å². The summed E-state index contributed by atoms with van der Waals surface area (Å²) in [6.07, 6.45) is 4.01. The Labute approximate surface area is 128 Å². The zero-order valence-electron chi connectivity index (χ0n) is 13.4. The van der Waals surface area contributed by atoms with Crippen LogP contribution >= 0.6 is 0 Å². The Hall–Kier alpha value is -1.13. The van der Waals surface area contributed by atoms with Gasteiger partial charge < -0.3 is 10.6 Å². The molecule has 0 radical (unpaired) electrons. The molecule has 2 saturated heterocycles. The topological polar surface area (TPSA) is 45.4 Å². The van der Waals surface area contributed by atoms with Crippen LogP contribution in [-0.2, 0) is 6.54 Å². The minimum atomic E-state index is 0.451.